The van der Waals surface area contributed by atoms with Gasteiger partial charge in [-0.25, -0.2) is 0 Å². The van der Waals surface area contributed by atoms with E-state index >= 15 is 0 Å². The van der Waals surface area contributed by atoms with Crippen molar-refractivity contribution in [2.75, 3.05) is 12.4 Å². The Balaban J connectivity index is 1.47. The van der Waals surface area contributed by atoms with Crippen LogP contribution in [0.5, 0.6) is 11.5 Å². The van der Waals surface area contributed by atoms with Crippen LogP contribution in [-0.2, 0) is 9.63 Å². The number of pyridine rings is 1. The molecule has 2 heterocycles. The molecule has 0 spiro atoms. The Morgan fingerprint density at radius 3 is 2.83 bits per heavy atom. The van der Waals surface area contributed by atoms with Gasteiger partial charge in [-0.05, 0) is 56.3 Å². The zero-order valence-electron chi connectivity index (χ0n) is 17.1. The Bertz CT molecular complexity index is 1110. The van der Waals surface area contributed by atoms with Crippen molar-refractivity contribution in [2.45, 2.75) is 32.5 Å². The predicted molar refractivity (Wildman–Crippen MR) is 115 cm³/mol. The van der Waals surface area contributed by atoms with E-state index < -0.39 is 6.10 Å². The van der Waals surface area contributed by atoms with Crippen LogP contribution in [0.1, 0.15) is 25.8 Å². The summed E-state index contributed by atoms with van der Waals surface area (Å²) in [4.78, 5) is 22.5. The van der Waals surface area contributed by atoms with Crippen molar-refractivity contribution in [1.82, 2.24) is 4.98 Å². The highest BCUT2D eigenvalue weighted by atomic mass is 16.6. The fraction of sp³-hybridized carbons (Fsp3) is 0.261. The van der Waals surface area contributed by atoms with Gasteiger partial charge in [-0.1, -0.05) is 11.2 Å². The van der Waals surface area contributed by atoms with Crippen molar-refractivity contribution in [3.05, 3.63) is 60.3 Å². The number of amides is 1. The van der Waals surface area contributed by atoms with E-state index in [0.29, 0.717) is 29.3 Å². The molecule has 2 aromatic carbocycles. The number of rotatable bonds is 6. The third-order valence-corrected chi connectivity index (χ3v) is 4.72. The molecule has 1 aliphatic heterocycles. The third kappa shape index (κ3) is 4.05. The average molecular weight is 405 g/mol. The molecular formula is C23H23N3O4. The van der Waals surface area contributed by atoms with Gasteiger partial charge >= 0.3 is 0 Å². The maximum absolute atomic E-state index is 12.8. The Labute approximate surface area is 174 Å². The lowest BCUT2D eigenvalue weighted by atomic mass is 10.0. The zero-order valence-corrected chi connectivity index (χ0v) is 17.1. The molecule has 30 heavy (non-hydrogen) atoms. The first-order valence-corrected chi connectivity index (χ1v) is 9.77. The minimum absolute atomic E-state index is 0.0363. The summed E-state index contributed by atoms with van der Waals surface area (Å²) in [6.07, 6.45) is 1.42. The monoisotopic (exact) mass is 405 g/mol. The van der Waals surface area contributed by atoms with Gasteiger partial charge in [0.05, 0.1) is 30.1 Å². The molecule has 0 saturated carbocycles. The molecule has 0 bridgehead atoms. The van der Waals surface area contributed by atoms with Crippen molar-refractivity contribution in [3.8, 4) is 11.5 Å². The molecule has 0 aliphatic carbocycles. The smallest absolute Gasteiger partial charge is 0.268 e. The van der Waals surface area contributed by atoms with E-state index in [0.717, 1.165) is 16.5 Å². The fourth-order valence-electron chi connectivity index (χ4n) is 3.31. The SMILES string of the molecule is COc1cc(C2=NO[C@H](C(=O)Nc3cccc4ncccc34)C2)ccc1OC(C)C. The average Bonchev–Trinajstić information content (AvgIpc) is 3.24. The van der Waals surface area contributed by atoms with E-state index in [2.05, 4.69) is 15.5 Å². The van der Waals surface area contributed by atoms with E-state index in [4.69, 9.17) is 14.3 Å². The molecule has 1 N–H and O–H groups in total. The third-order valence-electron chi connectivity index (χ3n) is 4.72. The number of carbonyl (C=O) groups is 1. The van der Waals surface area contributed by atoms with Crippen LogP contribution in [0.2, 0.25) is 0 Å². The molecular weight excluding hydrogens is 382 g/mol. The highest BCUT2D eigenvalue weighted by Crippen LogP contribution is 2.31. The lowest BCUT2D eigenvalue weighted by molar-refractivity contribution is -0.125. The summed E-state index contributed by atoms with van der Waals surface area (Å²) in [5.41, 5.74) is 3.02. The molecule has 0 unspecified atom stereocenters. The van der Waals surface area contributed by atoms with E-state index in [1.807, 2.05) is 62.4 Å². The maximum atomic E-state index is 12.8. The second kappa shape index (κ2) is 8.41. The number of carbonyl (C=O) groups excluding carboxylic acids is 1. The molecule has 7 nitrogen and oxygen atoms in total. The van der Waals surface area contributed by atoms with Crippen LogP contribution in [0.3, 0.4) is 0 Å². The quantitative estimate of drug-likeness (QED) is 0.666. The van der Waals surface area contributed by atoms with Gasteiger partial charge in [0.15, 0.2) is 11.5 Å². The van der Waals surface area contributed by atoms with E-state index in [9.17, 15) is 4.79 Å². The van der Waals surface area contributed by atoms with Gasteiger partial charge < -0.3 is 19.6 Å². The summed E-state index contributed by atoms with van der Waals surface area (Å²) in [7, 11) is 1.59. The first kappa shape index (κ1) is 19.7. The number of hydrogen-bond donors (Lipinski definition) is 1. The van der Waals surface area contributed by atoms with Crippen molar-refractivity contribution in [2.24, 2.45) is 5.16 Å². The second-order valence-corrected chi connectivity index (χ2v) is 7.23. The number of nitrogens with zero attached hydrogens (tertiary/aromatic N) is 2. The molecule has 3 aromatic rings. The molecule has 0 saturated heterocycles. The normalized spacial score (nSPS) is 15.6. The summed E-state index contributed by atoms with van der Waals surface area (Å²) in [6, 6.07) is 14.9. The molecule has 1 atom stereocenters. The molecule has 1 aliphatic rings. The van der Waals surface area contributed by atoms with Crippen LogP contribution in [0.25, 0.3) is 10.9 Å². The fourth-order valence-corrected chi connectivity index (χ4v) is 3.31. The molecule has 1 aromatic heterocycles. The first-order chi connectivity index (χ1) is 14.5. The van der Waals surface area contributed by atoms with Crippen molar-refractivity contribution in [3.63, 3.8) is 0 Å². The minimum Gasteiger partial charge on any atom is -0.493 e. The van der Waals surface area contributed by atoms with Crippen molar-refractivity contribution in [1.29, 1.82) is 0 Å². The van der Waals surface area contributed by atoms with Gasteiger partial charge in [0, 0.05) is 23.6 Å². The molecule has 4 rings (SSSR count). The summed E-state index contributed by atoms with van der Waals surface area (Å²) < 4.78 is 11.2. The second-order valence-electron chi connectivity index (χ2n) is 7.23. The maximum Gasteiger partial charge on any atom is 0.268 e. The lowest BCUT2D eigenvalue weighted by Crippen LogP contribution is -2.28. The topological polar surface area (TPSA) is 82.0 Å². The van der Waals surface area contributed by atoms with Crippen molar-refractivity contribution < 1.29 is 19.1 Å². The van der Waals surface area contributed by atoms with Gasteiger partial charge in [-0.15, -0.1) is 0 Å². The molecule has 0 radical (unpaired) electrons. The highest BCUT2D eigenvalue weighted by Gasteiger charge is 2.29. The Hall–Kier alpha value is -3.61. The molecule has 0 fully saturated rings. The Morgan fingerprint density at radius 1 is 1.17 bits per heavy atom. The van der Waals surface area contributed by atoms with Gasteiger partial charge in [-0.3, -0.25) is 9.78 Å². The number of benzene rings is 2. The summed E-state index contributed by atoms with van der Waals surface area (Å²) in [6.45, 7) is 3.91. The van der Waals surface area contributed by atoms with Crippen molar-refractivity contribution >= 4 is 28.2 Å². The van der Waals surface area contributed by atoms with Gasteiger partial charge in [0.25, 0.3) is 5.91 Å². The number of oxime groups is 1. The van der Waals surface area contributed by atoms with Crippen LogP contribution in [-0.4, -0.2) is 35.9 Å². The Kier molecular flexibility index (Phi) is 5.52. The van der Waals surface area contributed by atoms with Crippen LogP contribution >= 0.6 is 0 Å². The van der Waals surface area contributed by atoms with E-state index in [-0.39, 0.29) is 12.0 Å². The minimum atomic E-state index is -0.704. The molecule has 1 amide bonds. The first-order valence-electron chi connectivity index (χ1n) is 9.77. The van der Waals surface area contributed by atoms with Gasteiger partial charge in [-0.2, -0.15) is 0 Å². The van der Waals surface area contributed by atoms with Gasteiger partial charge in [0.1, 0.15) is 0 Å². The highest BCUT2D eigenvalue weighted by molar-refractivity contribution is 6.08. The van der Waals surface area contributed by atoms with Crippen LogP contribution in [0.4, 0.5) is 5.69 Å². The largest absolute Gasteiger partial charge is 0.493 e. The summed E-state index contributed by atoms with van der Waals surface area (Å²) in [5, 5.41) is 7.93. The number of fused-ring (bicyclic) bond motifs is 1. The molecule has 154 valence electrons. The summed E-state index contributed by atoms with van der Waals surface area (Å²) in [5.74, 6) is 1.02. The summed E-state index contributed by atoms with van der Waals surface area (Å²) >= 11 is 0. The number of aromatic nitrogens is 1. The van der Waals surface area contributed by atoms with Crippen LogP contribution in [0, 0.1) is 0 Å². The number of methoxy groups -OCH3 is 1. The number of anilines is 1. The Morgan fingerprint density at radius 2 is 2.03 bits per heavy atom. The lowest BCUT2D eigenvalue weighted by Gasteiger charge is -2.14. The molecule has 7 heteroatoms. The van der Waals surface area contributed by atoms with E-state index in [1.54, 1.807) is 13.3 Å². The number of ether oxygens (including phenoxy) is 2. The van der Waals surface area contributed by atoms with Crippen LogP contribution in [0.15, 0.2) is 59.9 Å². The zero-order chi connectivity index (χ0) is 21.1. The predicted octanol–water partition coefficient (Wildman–Crippen LogP) is 4.16. The number of nitrogens with one attached hydrogen (secondary N) is 1. The van der Waals surface area contributed by atoms with Gasteiger partial charge in [0.2, 0.25) is 6.10 Å². The number of hydrogen-bond acceptors (Lipinski definition) is 6. The van der Waals surface area contributed by atoms with Crippen LogP contribution < -0.4 is 14.8 Å². The standard InChI is InChI=1S/C23H23N3O4/c1-14(2)29-20-10-9-15(12-21(20)28-3)19-13-22(30-26-19)23(27)25-18-8-4-7-17-16(18)6-5-11-24-17/h4-12,14,22H,13H2,1-3H3,(H,25,27)/t22-/m0/s1. The van der Waals surface area contributed by atoms with E-state index in [1.165, 1.54) is 0 Å².